The van der Waals surface area contributed by atoms with E-state index in [1.807, 2.05) is 48.5 Å². The molecule has 2 aromatic heterocycles. The van der Waals surface area contributed by atoms with Gasteiger partial charge in [0, 0.05) is 16.5 Å². The Labute approximate surface area is 324 Å². The molecule has 4 heteroatoms. The summed E-state index contributed by atoms with van der Waals surface area (Å²) in [7, 11) is 0. The van der Waals surface area contributed by atoms with Gasteiger partial charge in [-0.15, -0.1) is 0 Å². The lowest BCUT2D eigenvalue weighted by Gasteiger charge is -2.28. The van der Waals surface area contributed by atoms with Gasteiger partial charge in [-0.2, -0.15) is 0 Å². The Hall–Kier alpha value is -7.30. The number of rotatable bonds is 6. The fraction of sp³-hybridized carbons (Fsp3) is 0.0385. The highest BCUT2D eigenvalue weighted by Crippen LogP contribution is 2.53. The Morgan fingerprint density at radius 1 is 0.357 bits per heavy atom. The van der Waals surface area contributed by atoms with Gasteiger partial charge in [-0.05, 0) is 141 Å². The van der Waals surface area contributed by atoms with E-state index < -0.39 is 0 Å². The Kier molecular flexibility index (Phi) is 7.26. The summed E-state index contributed by atoms with van der Waals surface area (Å²) < 4.78 is 12.2. The third-order valence-corrected chi connectivity index (χ3v) is 11.4. The van der Waals surface area contributed by atoms with Gasteiger partial charge in [-0.1, -0.05) is 115 Å². The average Bonchev–Trinajstić information content (AvgIpc) is 3.98. The molecular formula is C52H34N2O2. The van der Waals surface area contributed by atoms with Crippen molar-refractivity contribution in [3.8, 4) is 67.4 Å². The summed E-state index contributed by atoms with van der Waals surface area (Å²) in [6, 6.07) is 66.5. The van der Waals surface area contributed by atoms with Crippen molar-refractivity contribution in [2.24, 2.45) is 0 Å². The van der Waals surface area contributed by atoms with Crippen LogP contribution in [0.25, 0.3) is 89.6 Å². The summed E-state index contributed by atoms with van der Waals surface area (Å²) in [6.07, 6.45) is 0. The van der Waals surface area contributed by atoms with E-state index in [1.165, 1.54) is 33.4 Å². The zero-order valence-electron chi connectivity index (χ0n) is 30.6. The van der Waals surface area contributed by atoms with Gasteiger partial charge in [-0.25, -0.2) is 9.97 Å². The van der Waals surface area contributed by atoms with Crippen LogP contribution in [0, 0.1) is 0 Å². The van der Waals surface area contributed by atoms with Crippen molar-refractivity contribution < 1.29 is 8.83 Å². The van der Waals surface area contributed by atoms with Crippen molar-refractivity contribution in [3.05, 3.63) is 205 Å². The minimum absolute atomic E-state index is 0.287. The van der Waals surface area contributed by atoms with E-state index in [1.54, 1.807) is 0 Å². The molecule has 0 saturated heterocycles. The molecule has 1 aliphatic rings. The predicted octanol–water partition coefficient (Wildman–Crippen LogP) is 13.6. The molecule has 0 bridgehead atoms. The third kappa shape index (κ3) is 5.22. The van der Waals surface area contributed by atoms with Crippen LogP contribution in [0.5, 0.6) is 0 Å². The first-order chi connectivity index (χ1) is 27.6. The van der Waals surface area contributed by atoms with Crippen LogP contribution in [0.3, 0.4) is 0 Å². The number of aromatic nitrogens is 2. The second-order valence-electron chi connectivity index (χ2n) is 14.7. The maximum absolute atomic E-state index is 6.10. The minimum Gasteiger partial charge on any atom is -0.436 e. The van der Waals surface area contributed by atoms with E-state index in [0.717, 1.165) is 61.1 Å². The number of nitrogens with zero attached hydrogens (tertiary/aromatic N) is 2. The van der Waals surface area contributed by atoms with Crippen molar-refractivity contribution in [2.75, 3.05) is 0 Å². The summed E-state index contributed by atoms with van der Waals surface area (Å²) in [6.45, 7) is 2.37. The maximum Gasteiger partial charge on any atom is 0.227 e. The molecule has 0 spiro atoms. The topological polar surface area (TPSA) is 52.1 Å². The van der Waals surface area contributed by atoms with Gasteiger partial charge in [0.2, 0.25) is 11.8 Å². The lowest BCUT2D eigenvalue weighted by Crippen LogP contribution is -2.22. The van der Waals surface area contributed by atoms with E-state index in [9.17, 15) is 0 Å². The minimum atomic E-state index is -0.287. The molecule has 4 nitrogen and oxygen atoms in total. The fourth-order valence-electron chi connectivity index (χ4n) is 8.48. The number of para-hydroxylation sites is 4. The van der Waals surface area contributed by atoms with E-state index in [2.05, 4.69) is 146 Å². The molecule has 8 aromatic carbocycles. The maximum atomic E-state index is 6.10. The molecule has 1 unspecified atom stereocenters. The lowest BCUT2D eigenvalue weighted by atomic mass is 9.74. The molecule has 0 aliphatic heterocycles. The van der Waals surface area contributed by atoms with E-state index >= 15 is 0 Å². The summed E-state index contributed by atoms with van der Waals surface area (Å²) in [4.78, 5) is 9.47. The van der Waals surface area contributed by atoms with Crippen LogP contribution in [0.2, 0.25) is 0 Å². The van der Waals surface area contributed by atoms with Crippen molar-refractivity contribution in [3.63, 3.8) is 0 Å². The first-order valence-electron chi connectivity index (χ1n) is 19.0. The van der Waals surface area contributed by atoms with Crippen molar-refractivity contribution >= 4 is 22.2 Å². The van der Waals surface area contributed by atoms with Crippen LogP contribution in [0.1, 0.15) is 23.6 Å². The molecule has 11 rings (SSSR count). The summed E-state index contributed by atoms with van der Waals surface area (Å²) in [5.74, 6) is 1.23. The largest absolute Gasteiger partial charge is 0.436 e. The summed E-state index contributed by atoms with van der Waals surface area (Å²) >= 11 is 0. The van der Waals surface area contributed by atoms with Crippen molar-refractivity contribution in [1.29, 1.82) is 0 Å². The average molecular weight is 719 g/mol. The van der Waals surface area contributed by atoms with Crippen LogP contribution >= 0.6 is 0 Å². The number of hydrogen-bond acceptors (Lipinski definition) is 4. The molecule has 56 heavy (non-hydrogen) atoms. The van der Waals surface area contributed by atoms with Crippen LogP contribution in [0.15, 0.2) is 197 Å². The highest BCUT2D eigenvalue weighted by Gasteiger charge is 2.40. The number of fused-ring (bicyclic) bond motifs is 5. The molecule has 2 heterocycles. The molecule has 1 aliphatic carbocycles. The van der Waals surface area contributed by atoms with Gasteiger partial charge < -0.3 is 8.83 Å². The monoisotopic (exact) mass is 718 g/mol. The molecule has 0 fully saturated rings. The Morgan fingerprint density at radius 2 is 0.804 bits per heavy atom. The first-order valence-corrected chi connectivity index (χ1v) is 19.0. The lowest BCUT2D eigenvalue weighted by molar-refractivity contribution is 0.619. The van der Waals surface area contributed by atoms with Gasteiger partial charge in [0.05, 0.1) is 0 Å². The summed E-state index contributed by atoms with van der Waals surface area (Å²) in [5, 5.41) is 0. The Bertz CT molecular complexity index is 2880. The van der Waals surface area contributed by atoms with Crippen molar-refractivity contribution in [1.82, 2.24) is 9.97 Å². The summed E-state index contributed by atoms with van der Waals surface area (Å²) in [5.41, 5.74) is 18.2. The second kappa shape index (κ2) is 12.6. The predicted molar refractivity (Wildman–Crippen MR) is 226 cm³/mol. The van der Waals surface area contributed by atoms with Gasteiger partial charge in [-0.3, -0.25) is 0 Å². The number of oxazole rings is 2. The quantitative estimate of drug-likeness (QED) is 0.172. The van der Waals surface area contributed by atoms with Crippen LogP contribution in [0.4, 0.5) is 0 Å². The molecule has 0 amide bonds. The molecule has 0 radical (unpaired) electrons. The Morgan fingerprint density at radius 3 is 1.38 bits per heavy atom. The molecule has 0 saturated carbocycles. The molecule has 264 valence electrons. The molecule has 1 atom stereocenters. The fourth-order valence-corrected chi connectivity index (χ4v) is 8.48. The first kappa shape index (κ1) is 32.2. The van der Waals surface area contributed by atoms with Crippen LogP contribution < -0.4 is 0 Å². The normalized spacial score (nSPS) is 14.6. The van der Waals surface area contributed by atoms with Gasteiger partial charge >= 0.3 is 0 Å². The number of hydrogen-bond donors (Lipinski definition) is 0. The standard InChI is InChI=1S/C52H34N2O2/c1-52(41-11-3-2-4-12-41)44-14-6-5-13-42(44)43-28-27-37(32-45(43)52)40-30-38(33-19-23-35(24-20-33)50-53-46-15-7-9-17-48(46)55-50)29-39(31-40)34-21-25-36(26-22-34)51-54-47-16-8-10-18-49(47)56-51/h2-32H,1H3. The smallest absolute Gasteiger partial charge is 0.227 e. The van der Waals surface area contributed by atoms with Crippen LogP contribution in [-0.4, -0.2) is 9.97 Å². The Balaban J connectivity index is 1.03. The van der Waals surface area contributed by atoms with Gasteiger partial charge in [0.1, 0.15) is 11.0 Å². The van der Waals surface area contributed by atoms with E-state index in [0.29, 0.717) is 11.8 Å². The SMILES string of the molecule is CC1(c2ccccc2)c2ccccc2-c2ccc(-c3cc(-c4ccc(-c5nc6ccccc6o5)cc4)cc(-c4ccc(-c5nc6ccccc6o5)cc4)c3)cc21. The highest BCUT2D eigenvalue weighted by molar-refractivity contribution is 5.88. The van der Waals surface area contributed by atoms with Gasteiger partial charge in [0.25, 0.3) is 0 Å². The van der Waals surface area contributed by atoms with E-state index in [-0.39, 0.29) is 5.41 Å². The molecular weight excluding hydrogens is 685 g/mol. The van der Waals surface area contributed by atoms with Crippen LogP contribution in [-0.2, 0) is 5.41 Å². The highest BCUT2D eigenvalue weighted by atomic mass is 16.4. The molecule has 0 N–H and O–H groups in total. The zero-order chi connectivity index (χ0) is 37.2. The number of benzene rings is 8. The zero-order valence-corrected chi connectivity index (χ0v) is 30.6. The van der Waals surface area contributed by atoms with E-state index in [4.69, 9.17) is 18.8 Å². The van der Waals surface area contributed by atoms with Gasteiger partial charge in [0.15, 0.2) is 11.2 Å². The second-order valence-corrected chi connectivity index (χ2v) is 14.7. The van der Waals surface area contributed by atoms with Crippen molar-refractivity contribution in [2.45, 2.75) is 12.3 Å². The molecule has 10 aromatic rings. The third-order valence-electron chi connectivity index (χ3n) is 11.4.